The number of hydrogen-bond donors (Lipinski definition) is 1. The summed E-state index contributed by atoms with van der Waals surface area (Å²) in [4.78, 5) is 39.8. The number of benzene rings is 2. The van der Waals surface area contributed by atoms with E-state index in [4.69, 9.17) is 14.2 Å². The van der Waals surface area contributed by atoms with Gasteiger partial charge in [0.15, 0.2) is 5.65 Å². The number of imide groups is 1. The van der Waals surface area contributed by atoms with Gasteiger partial charge in [0.25, 0.3) is 0 Å². The van der Waals surface area contributed by atoms with Crippen LogP contribution in [0.2, 0.25) is 0 Å². The minimum atomic E-state index is -0.788. The van der Waals surface area contributed by atoms with Crippen LogP contribution < -0.4 is 10.1 Å². The lowest BCUT2D eigenvalue weighted by molar-refractivity contribution is 0.00376. The maximum atomic E-state index is 12.8. The molecule has 13 heteroatoms. The van der Waals surface area contributed by atoms with E-state index in [1.165, 1.54) is 6.33 Å². The maximum Gasteiger partial charge on any atom is 0.420 e. The Morgan fingerprint density at radius 1 is 0.913 bits per heavy atom. The highest BCUT2D eigenvalue weighted by molar-refractivity contribution is 5.92. The monoisotopic (exact) mass is 624 g/mol. The highest BCUT2D eigenvalue weighted by Crippen LogP contribution is 2.30. The standard InChI is InChI=1S/C33H36N8O5/c1-21-15-23(11-13-26(21)44-28-17-27-39-37-20-40(27)19-36-28)38-29-24-16-22(10-12-25(24)34-18-35-29)9-8-14-41(30(42)45-32(2,3)4)31(43)46-33(5,6)7/h8-13,15-20H,14H2,1-7H3,(H,34,35,38)/b9-8+. The van der Waals surface area contributed by atoms with Crippen molar-refractivity contribution in [2.24, 2.45) is 0 Å². The Morgan fingerprint density at radius 2 is 1.65 bits per heavy atom. The van der Waals surface area contributed by atoms with Gasteiger partial charge in [-0.1, -0.05) is 18.2 Å². The third kappa shape index (κ3) is 8.11. The number of amides is 2. The van der Waals surface area contributed by atoms with Crippen LogP contribution in [0.15, 0.2) is 67.5 Å². The first-order valence-corrected chi connectivity index (χ1v) is 14.6. The van der Waals surface area contributed by atoms with Crippen molar-refractivity contribution < 1.29 is 23.8 Å². The number of nitrogens with one attached hydrogen (secondary N) is 1. The van der Waals surface area contributed by atoms with E-state index in [0.717, 1.165) is 32.6 Å². The Hall–Kier alpha value is -5.59. The van der Waals surface area contributed by atoms with Crippen LogP contribution in [0, 0.1) is 6.92 Å². The molecule has 3 heterocycles. The molecule has 2 aromatic carbocycles. The molecule has 0 unspecified atom stereocenters. The zero-order valence-corrected chi connectivity index (χ0v) is 26.8. The first kappa shape index (κ1) is 31.8. The summed E-state index contributed by atoms with van der Waals surface area (Å²) in [7, 11) is 0. The quantitative estimate of drug-likeness (QED) is 0.198. The predicted octanol–water partition coefficient (Wildman–Crippen LogP) is 7.10. The number of fused-ring (bicyclic) bond motifs is 2. The Kier molecular flexibility index (Phi) is 8.85. The summed E-state index contributed by atoms with van der Waals surface area (Å²) in [5.74, 6) is 1.66. The summed E-state index contributed by atoms with van der Waals surface area (Å²) >= 11 is 0. The van der Waals surface area contributed by atoms with Crippen LogP contribution in [-0.2, 0) is 9.47 Å². The molecule has 0 fully saturated rings. The molecule has 0 bridgehead atoms. The molecule has 0 radical (unpaired) electrons. The summed E-state index contributed by atoms with van der Waals surface area (Å²) in [6, 6.07) is 13.1. The van der Waals surface area contributed by atoms with Crippen LogP contribution in [0.1, 0.15) is 52.7 Å². The molecule has 1 N–H and O–H groups in total. The lowest BCUT2D eigenvalue weighted by atomic mass is 10.1. The van der Waals surface area contributed by atoms with Crippen LogP contribution in [0.5, 0.6) is 11.6 Å². The lowest BCUT2D eigenvalue weighted by Gasteiger charge is -2.28. The van der Waals surface area contributed by atoms with Gasteiger partial charge in [-0.25, -0.2) is 29.4 Å². The zero-order valence-electron chi connectivity index (χ0n) is 26.8. The van der Waals surface area contributed by atoms with Crippen LogP contribution in [0.4, 0.5) is 21.1 Å². The number of anilines is 2. The van der Waals surface area contributed by atoms with Crippen LogP contribution in [-0.4, -0.2) is 64.4 Å². The second-order valence-electron chi connectivity index (χ2n) is 12.5. The van der Waals surface area contributed by atoms with E-state index in [1.54, 1.807) is 76.8 Å². The number of carbonyl (C=O) groups excluding carboxylic acids is 2. The van der Waals surface area contributed by atoms with Crippen molar-refractivity contribution in [1.82, 2.24) is 34.4 Å². The molecule has 0 aliphatic heterocycles. The summed E-state index contributed by atoms with van der Waals surface area (Å²) < 4.78 is 18.6. The molecule has 5 rings (SSSR count). The molecule has 2 amide bonds. The third-order valence-corrected chi connectivity index (χ3v) is 6.30. The molecule has 0 aliphatic rings. The Labute approximate surface area is 266 Å². The van der Waals surface area contributed by atoms with Gasteiger partial charge in [0, 0.05) is 17.1 Å². The number of hydrogen-bond acceptors (Lipinski definition) is 11. The van der Waals surface area contributed by atoms with E-state index in [-0.39, 0.29) is 6.54 Å². The Bertz CT molecular complexity index is 1900. The molecule has 13 nitrogen and oxygen atoms in total. The SMILES string of the molecule is Cc1cc(Nc2ncnc3ccc(/C=C/CN(C(=O)OC(C)(C)C)C(=O)OC(C)(C)C)cc23)ccc1Oc1cc2nncn2cn1. The molecule has 46 heavy (non-hydrogen) atoms. The molecular weight excluding hydrogens is 588 g/mol. The number of rotatable bonds is 7. The van der Waals surface area contributed by atoms with Gasteiger partial charge < -0.3 is 19.5 Å². The van der Waals surface area contributed by atoms with Crippen molar-refractivity contribution in [2.45, 2.75) is 59.7 Å². The van der Waals surface area contributed by atoms with Crippen molar-refractivity contribution in [3.63, 3.8) is 0 Å². The van der Waals surface area contributed by atoms with Crippen LogP contribution in [0.3, 0.4) is 0 Å². The summed E-state index contributed by atoms with van der Waals surface area (Å²) in [6.45, 7) is 12.3. The average molecular weight is 625 g/mol. The van der Waals surface area contributed by atoms with Crippen molar-refractivity contribution in [2.75, 3.05) is 11.9 Å². The molecule has 0 aliphatic carbocycles. The first-order chi connectivity index (χ1) is 21.7. The molecule has 0 saturated carbocycles. The second-order valence-corrected chi connectivity index (χ2v) is 12.5. The first-order valence-electron chi connectivity index (χ1n) is 14.6. The Balaban J connectivity index is 1.32. The highest BCUT2D eigenvalue weighted by Gasteiger charge is 2.30. The predicted molar refractivity (Wildman–Crippen MR) is 173 cm³/mol. The number of aryl methyl sites for hydroxylation is 1. The second kappa shape index (κ2) is 12.8. The fourth-order valence-electron chi connectivity index (χ4n) is 4.29. The molecule has 3 aromatic heterocycles. The van der Waals surface area contributed by atoms with E-state index < -0.39 is 23.4 Å². The fraction of sp³-hybridized carbons (Fsp3) is 0.303. The molecule has 0 atom stereocenters. The van der Waals surface area contributed by atoms with Crippen molar-refractivity contribution in [1.29, 1.82) is 0 Å². The minimum absolute atomic E-state index is 0.0473. The number of carbonyl (C=O) groups is 2. The summed E-state index contributed by atoms with van der Waals surface area (Å²) in [5.41, 5.74) is 2.32. The van der Waals surface area contributed by atoms with Crippen molar-refractivity contribution in [3.05, 3.63) is 78.6 Å². The van der Waals surface area contributed by atoms with Gasteiger partial charge in [0.1, 0.15) is 41.8 Å². The van der Waals surface area contributed by atoms with Crippen LogP contribution in [0.25, 0.3) is 22.6 Å². The van der Waals surface area contributed by atoms with Gasteiger partial charge >= 0.3 is 12.2 Å². The minimum Gasteiger partial charge on any atom is -0.443 e. The van der Waals surface area contributed by atoms with Crippen molar-refractivity contribution >= 4 is 46.3 Å². The molecule has 238 valence electrons. The number of ether oxygens (including phenoxy) is 3. The molecule has 5 aromatic rings. The van der Waals surface area contributed by atoms with E-state index in [9.17, 15) is 9.59 Å². The van der Waals surface area contributed by atoms with E-state index in [2.05, 4.69) is 30.5 Å². The lowest BCUT2D eigenvalue weighted by Crippen LogP contribution is -2.43. The fourth-order valence-corrected chi connectivity index (χ4v) is 4.29. The van der Waals surface area contributed by atoms with Crippen LogP contribution >= 0.6 is 0 Å². The largest absolute Gasteiger partial charge is 0.443 e. The third-order valence-electron chi connectivity index (χ3n) is 6.30. The van der Waals surface area contributed by atoms with Gasteiger partial charge in [0.05, 0.1) is 12.1 Å². The van der Waals surface area contributed by atoms with Gasteiger partial charge in [0.2, 0.25) is 5.88 Å². The normalized spacial score (nSPS) is 12.0. The smallest absolute Gasteiger partial charge is 0.420 e. The zero-order chi connectivity index (χ0) is 33.1. The van der Waals surface area contributed by atoms with Gasteiger partial charge in [-0.2, -0.15) is 0 Å². The number of nitrogens with zero attached hydrogens (tertiary/aromatic N) is 7. The molecule has 0 spiro atoms. The van der Waals surface area contributed by atoms with E-state index >= 15 is 0 Å². The van der Waals surface area contributed by atoms with E-state index in [0.29, 0.717) is 23.1 Å². The molecule has 0 saturated heterocycles. The van der Waals surface area contributed by atoms with Gasteiger partial charge in [-0.05, 0) is 89.9 Å². The number of aromatic nitrogens is 6. The van der Waals surface area contributed by atoms with Gasteiger partial charge in [-0.3, -0.25) is 4.40 Å². The average Bonchev–Trinajstić information content (AvgIpc) is 3.43. The summed E-state index contributed by atoms with van der Waals surface area (Å²) in [6.07, 6.45) is 6.59. The molecular formula is C33H36N8O5. The van der Waals surface area contributed by atoms with E-state index in [1.807, 2.05) is 43.3 Å². The van der Waals surface area contributed by atoms with Crippen molar-refractivity contribution in [3.8, 4) is 11.6 Å². The Morgan fingerprint density at radius 3 is 2.35 bits per heavy atom. The summed E-state index contributed by atoms with van der Waals surface area (Å²) in [5, 5.41) is 12.0. The topological polar surface area (TPSA) is 146 Å². The highest BCUT2D eigenvalue weighted by atomic mass is 16.6. The maximum absolute atomic E-state index is 12.8. The van der Waals surface area contributed by atoms with Gasteiger partial charge in [-0.15, -0.1) is 10.2 Å².